The quantitative estimate of drug-likeness (QED) is 0.129. The van der Waals surface area contributed by atoms with Crippen molar-refractivity contribution in [3.8, 4) is 5.75 Å². The van der Waals surface area contributed by atoms with Crippen LogP contribution < -0.4 is 5.32 Å². The van der Waals surface area contributed by atoms with Crippen LogP contribution in [0.15, 0.2) is 92.8 Å². The molecule has 0 aromatic heterocycles. The van der Waals surface area contributed by atoms with Gasteiger partial charge in [-0.05, 0) is 55.0 Å². The van der Waals surface area contributed by atoms with Crippen LogP contribution in [0.3, 0.4) is 0 Å². The molecule has 4 aromatic rings. The molecule has 4 aromatic carbocycles. The molecule has 0 aliphatic carbocycles. The van der Waals surface area contributed by atoms with E-state index in [1.807, 2.05) is 0 Å². The molecule has 38 heavy (non-hydrogen) atoms. The topological polar surface area (TPSA) is 183 Å². The first-order valence-corrected chi connectivity index (χ1v) is 13.4. The number of hydrogen-bond donors (Lipinski definition) is 4. The average Bonchev–Trinajstić information content (AvgIpc) is 2.82. The molecule has 4 N–H and O–H groups in total. The fraction of sp³-hybridized carbons (Fsp3) is 0.0417. The van der Waals surface area contributed by atoms with Crippen molar-refractivity contribution >= 4 is 103 Å². The molecule has 11 nitrogen and oxygen atoms in total. The molecule has 0 saturated carbocycles. The van der Waals surface area contributed by atoms with Crippen LogP contribution in [0.4, 0.5) is 17.1 Å². The van der Waals surface area contributed by atoms with Gasteiger partial charge in [-0.3, -0.25) is 13.9 Å². The van der Waals surface area contributed by atoms with E-state index in [9.17, 15) is 35.8 Å². The first-order valence-electron chi connectivity index (χ1n) is 10.5. The smallest absolute Gasteiger partial charge is 0.296 e. The van der Waals surface area contributed by atoms with E-state index in [-0.39, 0.29) is 65.5 Å². The van der Waals surface area contributed by atoms with E-state index < -0.39 is 52.8 Å². The van der Waals surface area contributed by atoms with Gasteiger partial charge in [0, 0.05) is 59.8 Å². The summed E-state index contributed by atoms with van der Waals surface area (Å²) in [6, 6.07) is 17.3. The van der Waals surface area contributed by atoms with E-state index in [0.717, 1.165) is 23.8 Å². The monoisotopic (exact) mass is 679 g/mol. The zero-order chi connectivity index (χ0) is 27.0. The van der Waals surface area contributed by atoms with Crippen molar-refractivity contribution in [3.63, 3.8) is 0 Å². The van der Waals surface area contributed by atoms with E-state index in [1.165, 1.54) is 12.1 Å². The second-order valence-corrected chi connectivity index (χ2v) is 10.7. The first-order chi connectivity index (χ1) is 17.4. The summed E-state index contributed by atoms with van der Waals surface area (Å²) >= 11 is 0. The zero-order valence-electron chi connectivity index (χ0n) is 19.7. The van der Waals surface area contributed by atoms with Gasteiger partial charge in [0.15, 0.2) is 5.75 Å². The molecule has 0 atom stereocenters. The molecule has 0 fully saturated rings. The molecule has 14 heteroatoms. The van der Waals surface area contributed by atoms with E-state index in [4.69, 9.17) is 0 Å². The maximum atomic E-state index is 12.8. The van der Waals surface area contributed by atoms with Crippen LogP contribution >= 0.6 is 0 Å². The third kappa shape index (κ3) is 6.51. The number of hydrogen-bond acceptors (Lipinski definition) is 8. The van der Waals surface area contributed by atoms with Gasteiger partial charge >= 0.3 is 0 Å². The summed E-state index contributed by atoms with van der Waals surface area (Å²) in [4.78, 5) is 11.0. The van der Waals surface area contributed by atoms with E-state index in [0.29, 0.717) is 5.69 Å². The van der Waals surface area contributed by atoms with E-state index >= 15 is 0 Å². The van der Waals surface area contributed by atoms with Crippen molar-refractivity contribution in [3.05, 3.63) is 83.9 Å². The number of rotatable bonds is 6. The van der Waals surface area contributed by atoms with Crippen molar-refractivity contribution in [2.45, 2.75) is 16.7 Å². The van der Waals surface area contributed by atoms with Crippen LogP contribution in [0.5, 0.6) is 5.75 Å². The summed E-state index contributed by atoms with van der Waals surface area (Å²) in [6.45, 7) is 1.79. The van der Waals surface area contributed by atoms with Crippen molar-refractivity contribution in [1.29, 1.82) is 0 Å². The molecule has 0 unspecified atom stereocenters. The number of phenolic OH excluding ortho intramolecular Hbond substituents is 1. The van der Waals surface area contributed by atoms with Crippen molar-refractivity contribution in [2.75, 3.05) is 5.32 Å². The van der Waals surface area contributed by atoms with Crippen LogP contribution in [-0.4, -0.2) is 85.8 Å². The molecular weight excluding hydrogens is 660 g/mol. The summed E-state index contributed by atoms with van der Waals surface area (Å²) < 4.78 is 68.0. The van der Waals surface area contributed by atoms with Gasteiger partial charge in [-0.15, -0.1) is 5.11 Å². The van der Waals surface area contributed by atoms with Gasteiger partial charge in [-0.1, -0.05) is 30.3 Å². The Morgan fingerprint density at radius 1 is 0.816 bits per heavy atom. The number of aryl methyl sites for hydroxylation is 1. The molecule has 192 valence electrons. The van der Waals surface area contributed by atoms with Crippen LogP contribution in [0.25, 0.3) is 10.8 Å². The summed E-state index contributed by atoms with van der Waals surface area (Å²) in [7, 11) is -10.0. The average molecular weight is 679 g/mol. The predicted molar refractivity (Wildman–Crippen MR) is 141 cm³/mol. The summed E-state index contributed by atoms with van der Waals surface area (Å²) in [6.07, 6.45) is 0. The number of azo groups is 1. The fourth-order valence-electron chi connectivity index (χ4n) is 3.64. The number of carbonyl (C=O) groups is 1. The minimum atomic E-state index is -5.08. The molecule has 0 heterocycles. The third-order valence-corrected chi connectivity index (χ3v) is 7.06. The van der Waals surface area contributed by atoms with Crippen molar-refractivity contribution < 1.29 is 35.8 Å². The van der Waals surface area contributed by atoms with Gasteiger partial charge in [-0.25, -0.2) is 0 Å². The Labute approximate surface area is 258 Å². The Hall–Kier alpha value is -2.60. The summed E-state index contributed by atoms with van der Waals surface area (Å²) in [5.74, 6) is -1.53. The Balaban J connectivity index is 0.00000400. The number of carbonyl (C=O) groups excluding carboxylic acids is 1. The summed E-state index contributed by atoms with van der Waals surface area (Å²) in [5.41, 5.74) is 0.521. The number of fused-ring (bicyclic) bond motifs is 1. The zero-order valence-corrected chi connectivity index (χ0v) is 25.8. The predicted octanol–water partition coefficient (Wildman–Crippen LogP) is 4.63. The van der Waals surface area contributed by atoms with Crippen molar-refractivity contribution in [2.24, 2.45) is 10.2 Å². The number of anilines is 1. The van der Waals surface area contributed by atoms with E-state index in [2.05, 4.69) is 15.5 Å². The van der Waals surface area contributed by atoms with Crippen LogP contribution in [0.1, 0.15) is 15.9 Å². The minimum absolute atomic E-state index is 0. The number of aromatic hydroxyl groups is 1. The van der Waals surface area contributed by atoms with Crippen LogP contribution in [0, 0.1) is 6.92 Å². The van der Waals surface area contributed by atoms with Crippen LogP contribution in [-0.2, 0) is 20.2 Å². The molecule has 1 amide bonds. The van der Waals surface area contributed by atoms with Gasteiger partial charge < -0.3 is 10.4 Å². The molecule has 0 aliphatic heterocycles. The number of benzene rings is 4. The Bertz CT molecular complexity index is 1790. The molecule has 0 saturated heterocycles. The molecule has 0 bridgehead atoms. The first kappa shape index (κ1) is 30.0. The molecule has 0 spiro atoms. The third-order valence-electron chi connectivity index (χ3n) is 5.28. The summed E-state index contributed by atoms with van der Waals surface area (Å²) in [5, 5.41) is 20.5. The number of nitrogens with zero attached hydrogens (tertiary/aromatic N) is 2. The standard InChI is InChI=1S/C24H19N3O8S2.Ba/c1-14-6-5-9-16(12-14)26-27-22-20(37(33,34)35)13-17-19(36(30,31)32)11-10-18(21(17)23(22)28)25-24(29)15-7-3-2-4-8-15;/h2-13,28H,1H3,(H,25,29)(H,30,31,32)(H,33,34,35);. The van der Waals surface area contributed by atoms with Gasteiger partial charge in [0.25, 0.3) is 26.1 Å². The second kappa shape index (κ2) is 11.6. The molecular formula is C24H19BaN3O8S2. The van der Waals surface area contributed by atoms with Gasteiger partial charge in [0.05, 0.1) is 16.8 Å². The number of amides is 1. The van der Waals surface area contributed by atoms with Gasteiger partial charge in [0.1, 0.15) is 15.5 Å². The largest absolute Gasteiger partial charge is 0.505 e. The molecule has 4 rings (SSSR count). The minimum Gasteiger partial charge on any atom is -0.505 e. The maximum absolute atomic E-state index is 12.8. The number of nitrogens with one attached hydrogen (secondary N) is 1. The van der Waals surface area contributed by atoms with Crippen molar-refractivity contribution in [1.82, 2.24) is 0 Å². The molecule has 2 radical (unpaired) electrons. The SMILES string of the molecule is Cc1cccc(N=Nc2c(S(=O)(=O)O)cc3c(S(=O)(=O)O)ccc(NC(=O)c4ccccc4)c3c2O)c1.[Ba]. The second-order valence-electron chi connectivity index (χ2n) is 7.92. The Kier molecular flexibility index (Phi) is 9.18. The Morgan fingerprint density at radius 3 is 2.08 bits per heavy atom. The normalized spacial score (nSPS) is 11.9. The van der Waals surface area contributed by atoms with E-state index in [1.54, 1.807) is 49.4 Å². The van der Waals surface area contributed by atoms with Crippen LogP contribution in [0.2, 0.25) is 0 Å². The maximum Gasteiger partial charge on any atom is 0.296 e. The fourth-order valence-corrected chi connectivity index (χ4v) is 4.97. The molecule has 0 aliphatic rings. The van der Waals surface area contributed by atoms with Gasteiger partial charge in [-0.2, -0.15) is 21.9 Å². The Morgan fingerprint density at radius 2 is 1.47 bits per heavy atom. The van der Waals surface area contributed by atoms with Gasteiger partial charge in [0.2, 0.25) is 0 Å². The number of phenols is 1.